The lowest BCUT2D eigenvalue weighted by Gasteiger charge is -2.10. The highest BCUT2D eigenvalue weighted by Gasteiger charge is 2.06. The summed E-state index contributed by atoms with van der Waals surface area (Å²) in [5.41, 5.74) is 5.23. The summed E-state index contributed by atoms with van der Waals surface area (Å²) in [4.78, 5) is 12.0. The van der Waals surface area contributed by atoms with Crippen LogP contribution in [0.15, 0.2) is 41.3 Å². The first-order valence-corrected chi connectivity index (χ1v) is 5.18. The van der Waals surface area contributed by atoms with E-state index in [-0.39, 0.29) is 18.6 Å². The van der Waals surface area contributed by atoms with Gasteiger partial charge in [-0.25, -0.2) is 0 Å². The van der Waals surface area contributed by atoms with E-state index in [0.29, 0.717) is 5.39 Å². The lowest BCUT2D eigenvalue weighted by atomic mass is 10.2. The number of hydrogen-bond acceptors (Lipinski definition) is 3. The second-order valence-electron chi connectivity index (χ2n) is 3.75. The third-order valence-corrected chi connectivity index (χ3v) is 2.57. The van der Waals surface area contributed by atoms with Crippen LogP contribution in [0.3, 0.4) is 0 Å². The fourth-order valence-corrected chi connectivity index (χ4v) is 1.68. The molecular formula is C12H14N2O2. The van der Waals surface area contributed by atoms with Crippen molar-refractivity contribution in [3.8, 4) is 0 Å². The minimum atomic E-state index is -0.682. The van der Waals surface area contributed by atoms with Gasteiger partial charge in [-0.05, 0) is 17.5 Å². The molecule has 0 bridgehead atoms. The Morgan fingerprint density at radius 2 is 2.06 bits per heavy atom. The largest absolute Gasteiger partial charge is 0.390 e. The number of aromatic nitrogens is 1. The molecule has 2 aromatic rings. The van der Waals surface area contributed by atoms with Gasteiger partial charge in [0.2, 0.25) is 0 Å². The van der Waals surface area contributed by atoms with E-state index in [1.807, 2.05) is 24.3 Å². The summed E-state index contributed by atoms with van der Waals surface area (Å²) in [5.74, 6) is 0. The second-order valence-corrected chi connectivity index (χ2v) is 3.75. The summed E-state index contributed by atoms with van der Waals surface area (Å²) < 4.78 is 1.49. The first-order chi connectivity index (χ1) is 7.72. The van der Waals surface area contributed by atoms with Gasteiger partial charge >= 0.3 is 0 Å². The van der Waals surface area contributed by atoms with Crippen LogP contribution in [0.1, 0.15) is 0 Å². The minimum Gasteiger partial charge on any atom is -0.390 e. The van der Waals surface area contributed by atoms with Gasteiger partial charge in [-0.15, -0.1) is 0 Å². The number of aliphatic hydroxyl groups is 1. The molecule has 0 spiro atoms. The Hall–Kier alpha value is -1.65. The monoisotopic (exact) mass is 218 g/mol. The molecule has 1 atom stereocenters. The number of rotatable bonds is 3. The number of hydrogen-bond donors (Lipinski definition) is 2. The fourth-order valence-electron chi connectivity index (χ4n) is 1.68. The minimum absolute atomic E-state index is 0.0920. The molecule has 16 heavy (non-hydrogen) atoms. The number of benzene rings is 1. The molecule has 0 aliphatic heterocycles. The van der Waals surface area contributed by atoms with Crippen LogP contribution in [-0.4, -0.2) is 22.3 Å². The number of aliphatic hydroxyl groups excluding tert-OH is 1. The first kappa shape index (κ1) is 10.9. The standard InChI is InChI=1S/C12H14N2O2/c13-7-10(15)8-14-6-5-9-3-1-2-4-11(9)12(14)16/h1-6,10,15H,7-8,13H2/t10-/m1/s1. The van der Waals surface area contributed by atoms with Gasteiger partial charge in [0.05, 0.1) is 12.6 Å². The molecule has 2 rings (SSSR count). The van der Waals surface area contributed by atoms with Crippen molar-refractivity contribution in [3.05, 3.63) is 46.9 Å². The molecule has 0 saturated heterocycles. The Labute approximate surface area is 92.9 Å². The maximum atomic E-state index is 12.0. The van der Waals surface area contributed by atoms with E-state index in [0.717, 1.165) is 5.39 Å². The van der Waals surface area contributed by atoms with E-state index in [2.05, 4.69) is 0 Å². The van der Waals surface area contributed by atoms with Crippen LogP contribution in [0.2, 0.25) is 0 Å². The van der Waals surface area contributed by atoms with Gasteiger partial charge in [-0.1, -0.05) is 18.2 Å². The first-order valence-electron chi connectivity index (χ1n) is 5.18. The van der Waals surface area contributed by atoms with Crippen molar-refractivity contribution in [2.75, 3.05) is 6.54 Å². The Morgan fingerprint density at radius 3 is 2.81 bits per heavy atom. The summed E-state index contributed by atoms with van der Waals surface area (Å²) in [6.45, 7) is 0.388. The van der Waals surface area contributed by atoms with Crippen molar-refractivity contribution in [1.82, 2.24) is 4.57 Å². The predicted molar refractivity (Wildman–Crippen MR) is 63.3 cm³/mol. The van der Waals surface area contributed by atoms with Crippen LogP contribution >= 0.6 is 0 Å². The fraction of sp³-hybridized carbons (Fsp3) is 0.250. The predicted octanol–water partition coefficient (Wildman–Crippen LogP) is 0.321. The second kappa shape index (κ2) is 4.47. The van der Waals surface area contributed by atoms with E-state index in [9.17, 15) is 9.90 Å². The Balaban J connectivity index is 2.49. The molecular weight excluding hydrogens is 204 g/mol. The van der Waals surface area contributed by atoms with Crippen LogP contribution < -0.4 is 11.3 Å². The van der Waals surface area contributed by atoms with Gasteiger partial charge in [0, 0.05) is 18.1 Å². The molecule has 1 aromatic heterocycles. The van der Waals surface area contributed by atoms with Gasteiger partial charge in [0.15, 0.2) is 0 Å². The van der Waals surface area contributed by atoms with Crippen LogP contribution in [0.4, 0.5) is 0 Å². The SMILES string of the molecule is NC[C@@H](O)Cn1ccc2ccccc2c1=O. The Bertz CT molecular complexity index is 548. The van der Waals surface area contributed by atoms with E-state index in [1.54, 1.807) is 12.3 Å². The van der Waals surface area contributed by atoms with Crippen molar-refractivity contribution in [1.29, 1.82) is 0 Å². The van der Waals surface area contributed by atoms with Crippen molar-refractivity contribution < 1.29 is 5.11 Å². The topological polar surface area (TPSA) is 68.2 Å². The van der Waals surface area contributed by atoms with Gasteiger partial charge in [-0.3, -0.25) is 4.79 Å². The molecule has 0 fully saturated rings. The Kier molecular flexibility index (Phi) is 3.03. The molecule has 0 saturated carbocycles. The zero-order valence-electron chi connectivity index (χ0n) is 8.84. The lowest BCUT2D eigenvalue weighted by Crippen LogP contribution is -2.30. The van der Waals surface area contributed by atoms with Crippen molar-refractivity contribution >= 4 is 10.8 Å². The summed E-state index contributed by atoms with van der Waals surface area (Å²) in [6.07, 6.45) is 1.00. The zero-order valence-corrected chi connectivity index (χ0v) is 8.84. The summed E-state index contributed by atoms with van der Waals surface area (Å²) in [5, 5.41) is 11.0. The summed E-state index contributed by atoms with van der Waals surface area (Å²) >= 11 is 0. The van der Waals surface area contributed by atoms with Gasteiger partial charge < -0.3 is 15.4 Å². The van der Waals surface area contributed by atoms with Gasteiger partial charge in [-0.2, -0.15) is 0 Å². The molecule has 0 radical (unpaired) electrons. The van der Waals surface area contributed by atoms with Gasteiger partial charge in [0.1, 0.15) is 0 Å². The van der Waals surface area contributed by atoms with E-state index >= 15 is 0 Å². The molecule has 1 aromatic carbocycles. The van der Waals surface area contributed by atoms with E-state index < -0.39 is 6.10 Å². The maximum Gasteiger partial charge on any atom is 0.258 e. The number of nitrogens with zero attached hydrogens (tertiary/aromatic N) is 1. The van der Waals surface area contributed by atoms with Crippen molar-refractivity contribution in [2.24, 2.45) is 5.73 Å². The van der Waals surface area contributed by atoms with Crippen molar-refractivity contribution in [3.63, 3.8) is 0 Å². The molecule has 3 N–H and O–H groups in total. The quantitative estimate of drug-likeness (QED) is 0.779. The number of nitrogens with two attached hydrogens (primary N) is 1. The van der Waals surface area contributed by atoms with Crippen LogP contribution in [-0.2, 0) is 6.54 Å². The van der Waals surface area contributed by atoms with Crippen LogP contribution in [0.25, 0.3) is 10.8 Å². The van der Waals surface area contributed by atoms with E-state index in [4.69, 9.17) is 5.73 Å². The van der Waals surface area contributed by atoms with Gasteiger partial charge in [0.25, 0.3) is 5.56 Å². The number of fused-ring (bicyclic) bond motifs is 1. The zero-order chi connectivity index (χ0) is 11.5. The molecule has 1 heterocycles. The molecule has 0 unspecified atom stereocenters. The Morgan fingerprint density at radius 1 is 1.31 bits per heavy atom. The maximum absolute atomic E-state index is 12.0. The highest BCUT2D eigenvalue weighted by molar-refractivity contribution is 5.81. The molecule has 4 heteroatoms. The number of pyridine rings is 1. The molecule has 0 aliphatic rings. The third-order valence-electron chi connectivity index (χ3n) is 2.57. The smallest absolute Gasteiger partial charge is 0.258 e. The molecule has 0 amide bonds. The molecule has 4 nitrogen and oxygen atoms in total. The van der Waals surface area contributed by atoms with Crippen molar-refractivity contribution in [2.45, 2.75) is 12.6 Å². The highest BCUT2D eigenvalue weighted by Crippen LogP contribution is 2.08. The average molecular weight is 218 g/mol. The van der Waals surface area contributed by atoms with Crippen LogP contribution in [0.5, 0.6) is 0 Å². The summed E-state index contributed by atoms with van der Waals surface area (Å²) in [7, 11) is 0. The lowest BCUT2D eigenvalue weighted by molar-refractivity contribution is 0.161. The normalized spacial score (nSPS) is 12.9. The average Bonchev–Trinajstić information content (AvgIpc) is 2.33. The van der Waals surface area contributed by atoms with E-state index in [1.165, 1.54) is 4.57 Å². The summed E-state index contributed by atoms with van der Waals surface area (Å²) in [6, 6.07) is 9.25. The molecule has 0 aliphatic carbocycles. The molecule has 84 valence electrons. The van der Waals surface area contributed by atoms with Crippen LogP contribution in [0, 0.1) is 0 Å². The third kappa shape index (κ3) is 1.98. The highest BCUT2D eigenvalue weighted by atomic mass is 16.3.